The maximum Gasteiger partial charge on any atom is 0.309 e. The molecule has 0 aliphatic heterocycles. The Morgan fingerprint density at radius 1 is 1.36 bits per heavy atom. The van der Waals surface area contributed by atoms with Crippen LogP contribution in [0.2, 0.25) is 0 Å². The van der Waals surface area contributed by atoms with E-state index in [2.05, 4.69) is 23.3 Å². The van der Waals surface area contributed by atoms with Gasteiger partial charge < -0.3 is 28.8 Å². The normalized spacial score (nSPS) is 8.93. The van der Waals surface area contributed by atoms with Gasteiger partial charge in [-0.25, -0.2) is 0 Å². The molecule has 5 nitrogen and oxygen atoms in total. The molecule has 0 aromatic carbocycles. The van der Waals surface area contributed by atoms with E-state index in [1.54, 1.807) is 0 Å². The molecule has 0 aromatic rings. The Kier molecular flexibility index (Phi) is 12.1. The van der Waals surface area contributed by atoms with Crippen molar-refractivity contribution in [3.63, 3.8) is 0 Å². The van der Waals surface area contributed by atoms with Crippen LogP contribution in [0.25, 0.3) is 0 Å². The van der Waals surface area contributed by atoms with Crippen LogP contribution in [0.1, 0.15) is 6.42 Å². The average molecular weight is 242 g/mol. The van der Waals surface area contributed by atoms with Crippen LogP contribution >= 0.6 is 12.6 Å². The van der Waals surface area contributed by atoms with Crippen LogP contribution in [0, 0.1) is 0 Å². The first-order valence-corrected chi connectivity index (χ1v) is 4.82. The number of halogens is 1. The number of nitrogens with one attached hydrogen (secondary N) is 1. The monoisotopic (exact) mass is 241 g/mol. The minimum Gasteiger partial charge on any atom is -1.00 e. The molecule has 0 bridgehead atoms. The predicted octanol–water partition coefficient (Wildman–Crippen LogP) is -5.52. The minimum absolute atomic E-state index is 0. The maximum absolute atomic E-state index is 10.6. The Morgan fingerprint density at radius 3 is 2.50 bits per heavy atom. The summed E-state index contributed by atoms with van der Waals surface area (Å²) in [5.74, 6) is -0.804. The second kappa shape index (κ2) is 10.6. The summed E-state index contributed by atoms with van der Waals surface area (Å²) >= 11 is 4.04. The summed E-state index contributed by atoms with van der Waals surface area (Å²) in [6, 6.07) is 0. The van der Waals surface area contributed by atoms with Crippen LogP contribution in [0.4, 0.5) is 0 Å². The summed E-state index contributed by atoms with van der Waals surface area (Å²) in [6.07, 6.45) is 0.826. The quantitative estimate of drug-likeness (QED) is 0.212. The van der Waals surface area contributed by atoms with Gasteiger partial charge in [-0.1, -0.05) is 0 Å². The second-order valence-corrected chi connectivity index (χ2v) is 3.01. The molecule has 14 heavy (non-hydrogen) atoms. The number of amides is 2. The van der Waals surface area contributed by atoms with Crippen molar-refractivity contribution in [2.75, 3.05) is 25.4 Å². The SMILES string of the molecule is NC(=O)C(=O)NCCC[NH2+]CCS.[Cl-]. The Morgan fingerprint density at radius 2 is 2.00 bits per heavy atom. The van der Waals surface area contributed by atoms with Crippen molar-refractivity contribution in [1.29, 1.82) is 0 Å². The molecule has 0 unspecified atom stereocenters. The summed E-state index contributed by atoms with van der Waals surface area (Å²) in [5.41, 5.74) is 4.73. The van der Waals surface area contributed by atoms with Gasteiger partial charge in [0.2, 0.25) is 0 Å². The van der Waals surface area contributed by atoms with Gasteiger partial charge in [-0.15, -0.1) is 0 Å². The smallest absolute Gasteiger partial charge is 0.309 e. The van der Waals surface area contributed by atoms with Crippen LogP contribution in [-0.2, 0) is 9.59 Å². The van der Waals surface area contributed by atoms with Crippen molar-refractivity contribution in [2.45, 2.75) is 6.42 Å². The van der Waals surface area contributed by atoms with E-state index in [0.29, 0.717) is 6.54 Å². The van der Waals surface area contributed by atoms with Gasteiger partial charge in [0, 0.05) is 18.7 Å². The molecule has 7 heteroatoms. The van der Waals surface area contributed by atoms with Crippen LogP contribution < -0.4 is 28.8 Å². The van der Waals surface area contributed by atoms with Gasteiger partial charge in [0.25, 0.3) is 0 Å². The molecule has 0 aromatic heterocycles. The molecule has 0 aliphatic rings. The van der Waals surface area contributed by atoms with E-state index >= 15 is 0 Å². The Bertz CT molecular complexity index is 180. The Balaban J connectivity index is 0. The van der Waals surface area contributed by atoms with Crippen molar-refractivity contribution in [2.24, 2.45) is 5.73 Å². The molecule has 2 amide bonds. The van der Waals surface area contributed by atoms with Crippen LogP contribution in [0.15, 0.2) is 0 Å². The first-order valence-electron chi connectivity index (χ1n) is 4.18. The number of hydrogen-bond donors (Lipinski definition) is 4. The highest BCUT2D eigenvalue weighted by atomic mass is 35.5. The number of quaternary nitrogens is 1. The van der Waals surface area contributed by atoms with Crippen molar-refractivity contribution in [3.8, 4) is 0 Å². The molecule has 0 saturated heterocycles. The Labute approximate surface area is 95.0 Å². The largest absolute Gasteiger partial charge is 1.00 e. The highest BCUT2D eigenvalue weighted by molar-refractivity contribution is 7.80. The molecular weight excluding hydrogens is 226 g/mol. The third kappa shape index (κ3) is 9.63. The molecule has 5 N–H and O–H groups in total. The van der Waals surface area contributed by atoms with E-state index in [1.165, 1.54) is 0 Å². The van der Waals surface area contributed by atoms with E-state index in [0.717, 1.165) is 25.3 Å². The number of carbonyl (C=O) groups is 2. The molecule has 0 spiro atoms. The summed E-state index contributed by atoms with van der Waals surface area (Å²) in [7, 11) is 0. The number of primary amides is 1. The number of nitrogens with two attached hydrogens (primary N) is 2. The molecule has 0 heterocycles. The fourth-order valence-electron chi connectivity index (χ4n) is 0.771. The van der Waals surface area contributed by atoms with Gasteiger partial charge in [-0.3, -0.25) is 9.59 Å². The summed E-state index contributed by atoms with van der Waals surface area (Å²) in [6.45, 7) is 2.37. The van der Waals surface area contributed by atoms with E-state index in [1.807, 2.05) is 0 Å². The molecule has 0 atom stereocenters. The van der Waals surface area contributed by atoms with E-state index in [9.17, 15) is 9.59 Å². The molecular formula is C7H16ClN3O2S. The third-order valence-electron chi connectivity index (χ3n) is 1.43. The molecule has 0 rings (SSSR count). The number of carbonyl (C=O) groups excluding carboxylic acids is 2. The van der Waals surface area contributed by atoms with Crippen molar-refractivity contribution >= 4 is 24.4 Å². The average Bonchev–Trinajstić information content (AvgIpc) is 2.10. The fourth-order valence-corrected chi connectivity index (χ4v) is 0.954. The highest BCUT2D eigenvalue weighted by Gasteiger charge is 2.05. The van der Waals surface area contributed by atoms with Gasteiger partial charge in [0.1, 0.15) is 0 Å². The van der Waals surface area contributed by atoms with Gasteiger partial charge in [0.05, 0.1) is 13.1 Å². The first-order chi connectivity index (χ1) is 6.18. The minimum atomic E-state index is -0.931. The zero-order valence-corrected chi connectivity index (χ0v) is 9.48. The Hall–Kier alpha value is -0.460. The molecule has 0 aliphatic carbocycles. The zero-order valence-electron chi connectivity index (χ0n) is 7.83. The van der Waals surface area contributed by atoms with Crippen LogP contribution in [0.5, 0.6) is 0 Å². The first kappa shape index (κ1) is 16.0. The van der Waals surface area contributed by atoms with Gasteiger partial charge in [-0.05, 0) is 0 Å². The third-order valence-corrected chi connectivity index (χ3v) is 1.69. The lowest BCUT2D eigenvalue weighted by molar-refractivity contribution is -0.650. The van der Waals surface area contributed by atoms with Gasteiger partial charge >= 0.3 is 11.8 Å². The summed E-state index contributed by atoms with van der Waals surface area (Å²) in [4.78, 5) is 20.9. The van der Waals surface area contributed by atoms with Crippen molar-refractivity contribution in [1.82, 2.24) is 5.32 Å². The lowest BCUT2D eigenvalue weighted by Gasteiger charge is -2.01. The topological polar surface area (TPSA) is 88.8 Å². The lowest BCUT2D eigenvalue weighted by Crippen LogP contribution is -3.00. The molecule has 0 fully saturated rings. The predicted molar refractivity (Wildman–Crippen MR) is 52.3 cm³/mol. The molecule has 84 valence electrons. The van der Waals surface area contributed by atoms with E-state index in [4.69, 9.17) is 5.73 Å². The number of rotatable bonds is 6. The van der Waals surface area contributed by atoms with Crippen molar-refractivity contribution in [3.05, 3.63) is 0 Å². The zero-order chi connectivity index (χ0) is 10.1. The van der Waals surface area contributed by atoms with Crippen LogP contribution in [0.3, 0.4) is 0 Å². The fraction of sp³-hybridized carbons (Fsp3) is 0.714. The van der Waals surface area contributed by atoms with Crippen molar-refractivity contribution < 1.29 is 27.3 Å². The number of hydrogen-bond acceptors (Lipinski definition) is 3. The van der Waals surface area contributed by atoms with Crippen LogP contribution in [-0.4, -0.2) is 37.2 Å². The molecule has 0 saturated carbocycles. The lowest BCUT2D eigenvalue weighted by atomic mass is 10.4. The standard InChI is InChI=1S/C7H15N3O2S.ClH/c8-6(11)7(12)10-3-1-2-9-4-5-13;/h9,13H,1-5H2,(H2,8,11)(H,10,12);1H. The van der Waals surface area contributed by atoms with Gasteiger partial charge in [-0.2, -0.15) is 12.6 Å². The summed E-state index contributed by atoms with van der Waals surface area (Å²) < 4.78 is 0. The van der Waals surface area contributed by atoms with E-state index in [-0.39, 0.29) is 12.4 Å². The van der Waals surface area contributed by atoms with Gasteiger partial charge in [0.15, 0.2) is 0 Å². The second-order valence-electron chi connectivity index (χ2n) is 2.56. The molecule has 0 radical (unpaired) electrons. The highest BCUT2D eigenvalue weighted by Crippen LogP contribution is 1.70. The number of thiol groups is 1. The maximum atomic E-state index is 10.6. The van der Waals surface area contributed by atoms with E-state index < -0.39 is 11.8 Å². The summed E-state index contributed by atoms with van der Waals surface area (Å²) in [5, 5.41) is 4.51.